The van der Waals surface area contributed by atoms with E-state index in [0.717, 1.165) is 45.5 Å². The summed E-state index contributed by atoms with van der Waals surface area (Å²) in [7, 11) is 0. The van der Waals surface area contributed by atoms with Gasteiger partial charge in [0.2, 0.25) is 5.69 Å². The van der Waals surface area contributed by atoms with E-state index in [4.69, 9.17) is 16.7 Å². The van der Waals surface area contributed by atoms with Crippen LogP contribution in [0.5, 0.6) is 0 Å². The maximum Gasteiger partial charge on any atom is 0.221 e. The summed E-state index contributed by atoms with van der Waals surface area (Å²) in [4.78, 5) is 9.03. The minimum Gasteiger partial charge on any atom is -0.240 e. The van der Waals surface area contributed by atoms with Crippen LogP contribution in [0, 0.1) is 13.5 Å². The Morgan fingerprint density at radius 3 is 2.12 bits per heavy atom. The van der Waals surface area contributed by atoms with Crippen molar-refractivity contribution in [2.45, 2.75) is 20.3 Å². The Hall–Kier alpha value is -4.23. The fraction of sp³-hybridized carbons (Fsp3) is 0.107. The maximum absolute atomic E-state index is 8.08. The monoisotopic (exact) mass is 414 g/mol. The molecule has 0 aliphatic heterocycles. The van der Waals surface area contributed by atoms with Gasteiger partial charge in [-0.1, -0.05) is 79.7 Å². The Morgan fingerprint density at radius 2 is 1.50 bits per heavy atom. The molecule has 2 aromatic heterocycles. The molecule has 154 valence electrons. The highest BCUT2D eigenvalue weighted by atomic mass is 15.3. The summed E-state index contributed by atoms with van der Waals surface area (Å²) in [6.07, 6.45) is 0.970. The van der Waals surface area contributed by atoms with E-state index in [1.54, 1.807) is 0 Å². The number of aryl methyl sites for hydroxylation is 2. The molecular weight excluding hydrogens is 392 g/mol. The predicted octanol–water partition coefficient (Wildman–Crippen LogP) is 7.18. The standard InChI is InChI=1S/C28H22N4/c1-4-20-15-17-22(18-16-20)26-27(29-3)25(21-11-7-5-8-12-21)24-19(2)31-32(28(24)30-26)23-13-9-6-10-14-23/h5-18H,4H2,1-2H3. The van der Waals surface area contributed by atoms with Gasteiger partial charge in [-0.3, -0.25) is 0 Å². The molecule has 3 aromatic carbocycles. The molecule has 4 heteroatoms. The smallest absolute Gasteiger partial charge is 0.221 e. The van der Waals surface area contributed by atoms with Crippen molar-refractivity contribution in [3.8, 4) is 28.1 Å². The van der Waals surface area contributed by atoms with Gasteiger partial charge < -0.3 is 0 Å². The molecule has 0 saturated carbocycles. The maximum atomic E-state index is 8.08. The second-order valence-electron chi connectivity index (χ2n) is 7.74. The minimum atomic E-state index is 0.559. The third kappa shape index (κ3) is 3.25. The van der Waals surface area contributed by atoms with Gasteiger partial charge in [0.05, 0.1) is 23.6 Å². The first kappa shape index (κ1) is 19.7. The molecular formula is C28H22N4. The minimum absolute atomic E-state index is 0.559. The van der Waals surface area contributed by atoms with Crippen molar-refractivity contribution in [3.05, 3.63) is 108 Å². The molecule has 0 unspecified atom stereocenters. The van der Waals surface area contributed by atoms with Crippen molar-refractivity contribution < 1.29 is 0 Å². The highest BCUT2D eigenvalue weighted by Crippen LogP contribution is 2.44. The largest absolute Gasteiger partial charge is 0.240 e. The summed E-state index contributed by atoms with van der Waals surface area (Å²) in [5.41, 5.74) is 7.88. The van der Waals surface area contributed by atoms with E-state index < -0.39 is 0 Å². The quantitative estimate of drug-likeness (QED) is 0.292. The lowest BCUT2D eigenvalue weighted by atomic mass is 9.96. The third-order valence-corrected chi connectivity index (χ3v) is 5.78. The fourth-order valence-corrected chi connectivity index (χ4v) is 4.15. The second-order valence-corrected chi connectivity index (χ2v) is 7.74. The molecule has 0 fully saturated rings. The molecule has 0 N–H and O–H groups in total. The summed E-state index contributed by atoms with van der Waals surface area (Å²) < 4.78 is 1.88. The first-order valence-electron chi connectivity index (χ1n) is 10.7. The molecule has 32 heavy (non-hydrogen) atoms. The highest BCUT2D eigenvalue weighted by molar-refractivity contribution is 6.06. The molecule has 0 amide bonds. The van der Waals surface area contributed by atoms with E-state index in [2.05, 4.69) is 36.0 Å². The number of para-hydroxylation sites is 1. The lowest BCUT2D eigenvalue weighted by molar-refractivity contribution is 0.878. The van der Waals surface area contributed by atoms with Crippen molar-refractivity contribution in [3.63, 3.8) is 0 Å². The number of fused-ring (bicyclic) bond motifs is 1. The van der Waals surface area contributed by atoms with Crippen LogP contribution in [0.25, 0.3) is 44.0 Å². The van der Waals surface area contributed by atoms with Gasteiger partial charge in [-0.25, -0.2) is 14.5 Å². The van der Waals surface area contributed by atoms with Crippen molar-refractivity contribution in [2.75, 3.05) is 0 Å². The van der Waals surface area contributed by atoms with Crippen LogP contribution < -0.4 is 0 Å². The SMILES string of the molecule is [C-]#[N+]c1c(-c2ccc(CC)cc2)nc2c(c(C)nn2-c2ccccc2)c1-c1ccccc1. The number of benzene rings is 3. The summed E-state index contributed by atoms with van der Waals surface area (Å²) in [6, 6.07) is 28.5. The zero-order chi connectivity index (χ0) is 22.1. The molecule has 5 rings (SSSR count). The van der Waals surface area contributed by atoms with E-state index in [1.165, 1.54) is 5.56 Å². The Morgan fingerprint density at radius 1 is 0.844 bits per heavy atom. The van der Waals surface area contributed by atoms with E-state index >= 15 is 0 Å². The van der Waals surface area contributed by atoms with Crippen LogP contribution in [-0.4, -0.2) is 14.8 Å². The van der Waals surface area contributed by atoms with Gasteiger partial charge >= 0.3 is 0 Å². The number of pyridine rings is 1. The highest BCUT2D eigenvalue weighted by Gasteiger charge is 2.23. The Kier molecular flexibility index (Phi) is 5.01. The summed E-state index contributed by atoms with van der Waals surface area (Å²) in [5, 5.41) is 5.75. The molecule has 5 aromatic rings. The van der Waals surface area contributed by atoms with E-state index in [1.807, 2.05) is 72.3 Å². The van der Waals surface area contributed by atoms with Crippen LogP contribution in [0.4, 0.5) is 5.69 Å². The zero-order valence-electron chi connectivity index (χ0n) is 18.1. The topological polar surface area (TPSA) is 35.1 Å². The Labute approximate surface area is 187 Å². The molecule has 0 bridgehead atoms. The van der Waals surface area contributed by atoms with Gasteiger partial charge in [-0.15, -0.1) is 0 Å². The predicted molar refractivity (Wildman–Crippen MR) is 130 cm³/mol. The van der Waals surface area contributed by atoms with E-state index in [0.29, 0.717) is 11.4 Å². The third-order valence-electron chi connectivity index (χ3n) is 5.78. The number of hydrogen-bond acceptors (Lipinski definition) is 2. The van der Waals surface area contributed by atoms with Gasteiger partial charge in [-0.2, -0.15) is 5.10 Å². The molecule has 0 atom stereocenters. The van der Waals surface area contributed by atoms with Crippen LogP contribution in [-0.2, 0) is 6.42 Å². The Balaban J connectivity index is 1.91. The number of aromatic nitrogens is 3. The summed E-state index contributed by atoms with van der Waals surface area (Å²) >= 11 is 0. The van der Waals surface area contributed by atoms with Gasteiger partial charge in [0.25, 0.3) is 0 Å². The fourth-order valence-electron chi connectivity index (χ4n) is 4.15. The van der Waals surface area contributed by atoms with Crippen LogP contribution >= 0.6 is 0 Å². The lowest BCUT2D eigenvalue weighted by Crippen LogP contribution is -1.99. The summed E-state index contributed by atoms with van der Waals surface area (Å²) in [5.74, 6) is 0. The first-order valence-corrected chi connectivity index (χ1v) is 10.7. The zero-order valence-corrected chi connectivity index (χ0v) is 18.1. The van der Waals surface area contributed by atoms with E-state index in [9.17, 15) is 0 Å². The average Bonchev–Trinajstić information content (AvgIpc) is 3.20. The number of rotatable bonds is 4. The number of nitrogens with zero attached hydrogens (tertiary/aromatic N) is 4. The first-order chi connectivity index (χ1) is 15.7. The molecule has 0 radical (unpaired) electrons. The second kappa shape index (κ2) is 8.13. The van der Waals surface area contributed by atoms with Crippen LogP contribution in [0.3, 0.4) is 0 Å². The molecule has 2 heterocycles. The molecule has 0 spiro atoms. The van der Waals surface area contributed by atoms with Crippen LogP contribution in [0.15, 0.2) is 84.9 Å². The van der Waals surface area contributed by atoms with Crippen LogP contribution in [0.2, 0.25) is 0 Å². The van der Waals surface area contributed by atoms with Gasteiger partial charge in [0, 0.05) is 10.9 Å². The normalized spacial score (nSPS) is 10.9. The van der Waals surface area contributed by atoms with Crippen molar-refractivity contribution in [1.82, 2.24) is 14.8 Å². The molecule has 0 aliphatic carbocycles. The van der Waals surface area contributed by atoms with Gasteiger partial charge in [0.15, 0.2) is 5.65 Å². The van der Waals surface area contributed by atoms with Crippen molar-refractivity contribution in [2.24, 2.45) is 0 Å². The lowest BCUT2D eigenvalue weighted by Gasteiger charge is -2.13. The molecule has 4 nitrogen and oxygen atoms in total. The van der Waals surface area contributed by atoms with Crippen molar-refractivity contribution in [1.29, 1.82) is 0 Å². The number of hydrogen-bond donors (Lipinski definition) is 0. The van der Waals surface area contributed by atoms with E-state index in [-0.39, 0.29) is 0 Å². The molecule has 0 aliphatic rings. The Bertz CT molecular complexity index is 1440. The average molecular weight is 415 g/mol. The van der Waals surface area contributed by atoms with Gasteiger partial charge in [0.1, 0.15) is 0 Å². The summed E-state index contributed by atoms with van der Waals surface area (Å²) in [6.45, 7) is 12.2. The van der Waals surface area contributed by atoms with Gasteiger partial charge in [-0.05, 0) is 42.2 Å². The molecule has 0 saturated heterocycles. The van der Waals surface area contributed by atoms with Crippen molar-refractivity contribution >= 4 is 16.7 Å². The van der Waals surface area contributed by atoms with Crippen LogP contribution in [0.1, 0.15) is 18.2 Å².